The van der Waals surface area contributed by atoms with E-state index in [9.17, 15) is 0 Å². The number of aromatic nitrogens is 1. The van der Waals surface area contributed by atoms with Crippen molar-refractivity contribution >= 4 is 0 Å². The van der Waals surface area contributed by atoms with Crippen molar-refractivity contribution in [1.29, 1.82) is 0 Å². The van der Waals surface area contributed by atoms with Crippen LogP contribution in [0.25, 0.3) is 0 Å². The minimum Gasteiger partial charge on any atom is -0.258 e. The molecule has 0 saturated heterocycles. The van der Waals surface area contributed by atoms with Crippen LogP contribution >= 0.6 is 0 Å². The molecule has 0 amide bonds. The molecule has 0 aromatic carbocycles. The van der Waals surface area contributed by atoms with E-state index in [1.54, 1.807) is 0 Å². The summed E-state index contributed by atoms with van der Waals surface area (Å²) in [5.74, 6) is 0.723. The van der Waals surface area contributed by atoms with Gasteiger partial charge in [0, 0.05) is 11.4 Å². The van der Waals surface area contributed by atoms with Crippen molar-refractivity contribution in [3.63, 3.8) is 0 Å². The Bertz CT molecular complexity index is 332. The first-order valence-electron chi connectivity index (χ1n) is 5.36. The number of aryl methyl sites for hydroxylation is 2. The van der Waals surface area contributed by atoms with Crippen LogP contribution in [0.3, 0.4) is 0 Å². The highest BCUT2D eigenvalue weighted by atomic mass is 14.7. The van der Waals surface area contributed by atoms with Gasteiger partial charge in [-0.15, -0.1) is 0 Å². The highest BCUT2D eigenvalue weighted by Crippen LogP contribution is 2.29. The number of rotatable bonds is 1. The predicted octanol–water partition coefficient (Wildman–Crippen LogP) is 3.52. The van der Waals surface area contributed by atoms with Crippen LogP contribution in [0.1, 0.15) is 42.1 Å². The molecule has 1 aromatic heterocycles. The summed E-state index contributed by atoms with van der Waals surface area (Å²) >= 11 is 0. The maximum Gasteiger partial charge on any atom is 0.0378 e. The van der Waals surface area contributed by atoms with E-state index in [0.29, 0.717) is 0 Å². The molecule has 0 radical (unpaired) electrons. The fraction of sp³-hybridized carbons (Fsp3) is 0.462. The van der Waals surface area contributed by atoms with Gasteiger partial charge < -0.3 is 0 Å². The highest BCUT2D eigenvalue weighted by molar-refractivity contribution is 5.25. The minimum atomic E-state index is 0.723. The van der Waals surface area contributed by atoms with E-state index in [4.69, 9.17) is 0 Å². The van der Waals surface area contributed by atoms with E-state index in [2.05, 4.69) is 43.1 Å². The second-order valence-electron chi connectivity index (χ2n) is 4.16. The smallest absolute Gasteiger partial charge is 0.0378 e. The van der Waals surface area contributed by atoms with Gasteiger partial charge in [-0.3, -0.25) is 4.98 Å². The minimum absolute atomic E-state index is 0.723. The number of nitrogens with zero attached hydrogens (tertiary/aromatic N) is 1. The lowest BCUT2D eigenvalue weighted by atomic mass is 9.87. The molecule has 0 fully saturated rings. The van der Waals surface area contributed by atoms with Gasteiger partial charge in [0.25, 0.3) is 0 Å². The van der Waals surface area contributed by atoms with E-state index in [-0.39, 0.29) is 0 Å². The van der Waals surface area contributed by atoms with Gasteiger partial charge in [0.2, 0.25) is 0 Å². The quantitative estimate of drug-likeness (QED) is 0.613. The molecule has 1 aromatic rings. The van der Waals surface area contributed by atoms with Crippen molar-refractivity contribution in [2.75, 3.05) is 0 Å². The van der Waals surface area contributed by atoms with Gasteiger partial charge in [-0.1, -0.05) is 12.2 Å². The van der Waals surface area contributed by atoms with Crippen molar-refractivity contribution in [1.82, 2.24) is 4.98 Å². The summed E-state index contributed by atoms with van der Waals surface area (Å²) in [7, 11) is 0. The van der Waals surface area contributed by atoms with Crippen LogP contribution in [0, 0.1) is 13.8 Å². The maximum absolute atomic E-state index is 4.41. The summed E-state index contributed by atoms with van der Waals surface area (Å²) in [5.41, 5.74) is 3.77. The predicted molar refractivity (Wildman–Crippen MR) is 59.4 cm³/mol. The summed E-state index contributed by atoms with van der Waals surface area (Å²) in [5, 5.41) is 0. The summed E-state index contributed by atoms with van der Waals surface area (Å²) in [6.45, 7) is 4.16. The fourth-order valence-electron chi connectivity index (χ4n) is 2.20. The van der Waals surface area contributed by atoms with Crippen LogP contribution in [0.5, 0.6) is 0 Å². The molecule has 1 nitrogen and oxygen atoms in total. The van der Waals surface area contributed by atoms with E-state index in [1.807, 2.05) is 0 Å². The summed E-state index contributed by atoms with van der Waals surface area (Å²) < 4.78 is 0. The second kappa shape index (κ2) is 3.95. The van der Waals surface area contributed by atoms with Gasteiger partial charge in [0.15, 0.2) is 0 Å². The first-order chi connectivity index (χ1) is 6.75. The van der Waals surface area contributed by atoms with E-state index < -0.39 is 0 Å². The Hall–Kier alpha value is -1.11. The number of allylic oxidation sites excluding steroid dienone is 2. The molecule has 1 aliphatic carbocycles. The molecule has 0 saturated carbocycles. The van der Waals surface area contributed by atoms with Gasteiger partial charge in [-0.25, -0.2) is 0 Å². The van der Waals surface area contributed by atoms with Crippen molar-refractivity contribution in [2.45, 2.75) is 39.0 Å². The topological polar surface area (TPSA) is 12.9 Å². The lowest BCUT2D eigenvalue weighted by molar-refractivity contribution is 0.615. The van der Waals surface area contributed by atoms with E-state index in [1.165, 1.54) is 24.8 Å². The van der Waals surface area contributed by atoms with Gasteiger partial charge in [-0.05, 0) is 56.7 Å². The van der Waals surface area contributed by atoms with Crippen LogP contribution in [-0.4, -0.2) is 4.98 Å². The number of pyridine rings is 1. The van der Waals surface area contributed by atoms with Gasteiger partial charge in [-0.2, -0.15) is 0 Å². The zero-order valence-electron chi connectivity index (χ0n) is 8.96. The van der Waals surface area contributed by atoms with Crippen LogP contribution < -0.4 is 0 Å². The molecular formula is C13H17N. The van der Waals surface area contributed by atoms with E-state index >= 15 is 0 Å². The Morgan fingerprint density at radius 3 is 2.43 bits per heavy atom. The average Bonchev–Trinajstić information content (AvgIpc) is 2.18. The SMILES string of the molecule is Cc1cc(C2CC=CCC2)cc(C)n1. The molecule has 1 atom stereocenters. The van der Waals surface area contributed by atoms with Crippen molar-refractivity contribution < 1.29 is 0 Å². The molecule has 1 heterocycles. The maximum atomic E-state index is 4.41. The average molecular weight is 187 g/mol. The van der Waals surface area contributed by atoms with Gasteiger partial charge in [0.1, 0.15) is 0 Å². The summed E-state index contributed by atoms with van der Waals surface area (Å²) in [6.07, 6.45) is 8.31. The Labute approximate surface area is 85.9 Å². The van der Waals surface area contributed by atoms with Crippen molar-refractivity contribution in [2.24, 2.45) is 0 Å². The molecular weight excluding hydrogens is 170 g/mol. The molecule has 1 aliphatic rings. The van der Waals surface area contributed by atoms with Crippen LogP contribution in [0.4, 0.5) is 0 Å². The molecule has 2 rings (SSSR count). The first kappa shape index (κ1) is 9.45. The number of hydrogen-bond donors (Lipinski definition) is 0. The molecule has 0 N–H and O–H groups in total. The monoisotopic (exact) mass is 187 g/mol. The normalized spacial score (nSPS) is 21.1. The lowest BCUT2D eigenvalue weighted by Crippen LogP contribution is -2.02. The third-order valence-electron chi connectivity index (χ3n) is 2.84. The molecule has 1 heteroatoms. The first-order valence-corrected chi connectivity index (χ1v) is 5.36. The molecule has 0 aliphatic heterocycles. The Morgan fingerprint density at radius 2 is 1.86 bits per heavy atom. The third kappa shape index (κ3) is 2.03. The zero-order chi connectivity index (χ0) is 9.97. The highest BCUT2D eigenvalue weighted by Gasteiger charge is 2.12. The van der Waals surface area contributed by atoms with Crippen LogP contribution in [0.15, 0.2) is 24.3 Å². The molecule has 14 heavy (non-hydrogen) atoms. The van der Waals surface area contributed by atoms with Crippen molar-refractivity contribution in [3.8, 4) is 0 Å². The summed E-state index contributed by atoms with van der Waals surface area (Å²) in [4.78, 5) is 4.41. The lowest BCUT2D eigenvalue weighted by Gasteiger charge is -2.18. The largest absolute Gasteiger partial charge is 0.258 e. The molecule has 1 unspecified atom stereocenters. The van der Waals surface area contributed by atoms with Crippen LogP contribution in [0.2, 0.25) is 0 Å². The standard InChI is InChI=1S/C13H17N/c1-10-8-13(9-11(2)14-10)12-6-4-3-5-7-12/h3-4,8-9,12H,5-7H2,1-2H3. The molecule has 0 bridgehead atoms. The van der Waals surface area contributed by atoms with Gasteiger partial charge >= 0.3 is 0 Å². The molecule has 74 valence electrons. The zero-order valence-corrected chi connectivity index (χ0v) is 8.96. The Kier molecular flexibility index (Phi) is 2.67. The van der Waals surface area contributed by atoms with Crippen LogP contribution in [-0.2, 0) is 0 Å². The molecule has 0 spiro atoms. The third-order valence-corrected chi connectivity index (χ3v) is 2.84. The Balaban J connectivity index is 2.26. The van der Waals surface area contributed by atoms with E-state index in [0.717, 1.165) is 17.3 Å². The fourth-order valence-corrected chi connectivity index (χ4v) is 2.20. The summed E-state index contributed by atoms with van der Waals surface area (Å²) in [6, 6.07) is 4.47. The number of hydrogen-bond acceptors (Lipinski definition) is 1. The second-order valence-corrected chi connectivity index (χ2v) is 4.16. The van der Waals surface area contributed by atoms with Gasteiger partial charge in [0.05, 0.1) is 0 Å². The van der Waals surface area contributed by atoms with Crippen molar-refractivity contribution in [3.05, 3.63) is 41.2 Å². The Morgan fingerprint density at radius 1 is 1.14 bits per heavy atom.